The fourth-order valence-electron chi connectivity index (χ4n) is 2.40. The summed E-state index contributed by atoms with van der Waals surface area (Å²) in [6.07, 6.45) is 1.52. The molecule has 1 saturated heterocycles. The lowest BCUT2D eigenvalue weighted by molar-refractivity contribution is -0.117. The number of carbonyl (C=O) groups excluding carboxylic acids is 2. The Hall–Kier alpha value is -2.86. The predicted octanol–water partition coefficient (Wildman–Crippen LogP) is 3.01. The second kappa shape index (κ2) is 6.57. The SMILES string of the molecule is CN(C)c1ccc(/C=C2/C(=O)NN(c3ccc(F)c(Cl)c3)C2=O)cc1. The monoisotopic (exact) mass is 359 g/mol. The highest BCUT2D eigenvalue weighted by Crippen LogP contribution is 2.26. The Morgan fingerprint density at radius 3 is 2.40 bits per heavy atom. The highest BCUT2D eigenvalue weighted by atomic mass is 35.5. The zero-order chi connectivity index (χ0) is 18.1. The molecule has 0 saturated carbocycles. The van der Waals surface area contributed by atoms with Crippen molar-refractivity contribution in [3.8, 4) is 0 Å². The number of anilines is 2. The van der Waals surface area contributed by atoms with Crippen molar-refractivity contribution in [3.05, 3.63) is 64.4 Å². The molecule has 0 bridgehead atoms. The second-order valence-corrected chi connectivity index (χ2v) is 6.13. The Morgan fingerprint density at radius 1 is 1.12 bits per heavy atom. The highest BCUT2D eigenvalue weighted by Gasteiger charge is 2.34. The van der Waals surface area contributed by atoms with Gasteiger partial charge in [-0.2, -0.15) is 0 Å². The summed E-state index contributed by atoms with van der Waals surface area (Å²) in [6, 6.07) is 11.2. The van der Waals surface area contributed by atoms with Gasteiger partial charge in [0.15, 0.2) is 0 Å². The van der Waals surface area contributed by atoms with Crippen LogP contribution < -0.4 is 15.3 Å². The molecule has 7 heteroatoms. The molecule has 3 rings (SSSR count). The smallest absolute Gasteiger partial charge is 0.282 e. The standard InChI is InChI=1S/C18H15ClFN3O2/c1-22(2)12-5-3-11(4-6-12)9-14-17(24)21-23(18(14)25)13-7-8-16(20)15(19)10-13/h3-10H,1-2H3,(H,21,24)/b14-9-. The number of hydrogen-bond acceptors (Lipinski definition) is 3. The summed E-state index contributed by atoms with van der Waals surface area (Å²) in [7, 11) is 3.85. The lowest BCUT2D eigenvalue weighted by Crippen LogP contribution is -2.35. The lowest BCUT2D eigenvalue weighted by Gasteiger charge is -2.14. The van der Waals surface area contributed by atoms with Gasteiger partial charge in [-0.15, -0.1) is 0 Å². The number of amides is 2. The zero-order valence-corrected chi connectivity index (χ0v) is 14.3. The van der Waals surface area contributed by atoms with Crippen LogP contribution in [0.5, 0.6) is 0 Å². The van der Waals surface area contributed by atoms with Gasteiger partial charge in [0, 0.05) is 19.8 Å². The van der Waals surface area contributed by atoms with Crippen molar-refractivity contribution in [1.29, 1.82) is 0 Å². The van der Waals surface area contributed by atoms with Gasteiger partial charge in [-0.05, 0) is 42.0 Å². The highest BCUT2D eigenvalue weighted by molar-refractivity contribution is 6.33. The predicted molar refractivity (Wildman–Crippen MR) is 95.8 cm³/mol. The molecular weight excluding hydrogens is 345 g/mol. The van der Waals surface area contributed by atoms with Crippen LogP contribution in [0.1, 0.15) is 5.56 Å². The molecule has 0 radical (unpaired) electrons. The van der Waals surface area contributed by atoms with Crippen molar-refractivity contribution in [2.45, 2.75) is 0 Å². The number of rotatable bonds is 3. The van der Waals surface area contributed by atoms with Crippen LogP contribution in [0.25, 0.3) is 6.08 Å². The van der Waals surface area contributed by atoms with Crippen molar-refractivity contribution >= 4 is 40.9 Å². The Morgan fingerprint density at radius 2 is 1.80 bits per heavy atom. The van der Waals surface area contributed by atoms with Crippen LogP contribution in [0.3, 0.4) is 0 Å². The van der Waals surface area contributed by atoms with Gasteiger partial charge < -0.3 is 4.90 Å². The first-order valence-electron chi connectivity index (χ1n) is 7.46. The molecule has 0 aliphatic carbocycles. The van der Waals surface area contributed by atoms with Crippen molar-refractivity contribution in [2.24, 2.45) is 0 Å². The maximum atomic E-state index is 13.3. The quantitative estimate of drug-likeness (QED) is 0.677. The van der Waals surface area contributed by atoms with Crippen LogP contribution in [0, 0.1) is 5.82 Å². The molecule has 0 spiro atoms. The van der Waals surface area contributed by atoms with Gasteiger partial charge in [0.2, 0.25) is 0 Å². The van der Waals surface area contributed by atoms with Crippen LogP contribution in [0.2, 0.25) is 5.02 Å². The van der Waals surface area contributed by atoms with Gasteiger partial charge in [-0.1, -0.05) is 23.7 Å². The fraction of sp³-hybridized carbons (Fsp3) is 0.111. The third kappa shape index (κ3) is 3.34. The maximum absolute atomic E-state index is 13.3. The van der Waals surface area contributed by atoms with E-state index in [0.29, 0.717) is 0 Å². The van der Waals surface area contributed by atoms with E-state index in [9.17, 15) is 14.0 Å². The number of hydrogen-bond donors (Lipinski definition) is 1. The molecule has 2 amide bonds. The van der Waals surface area contributed by atoms with Crippen molar-refractivity contribution in [1.82, 2.24) is 5.43 Å². The number of nitrogens with one attached hydrogen (secondary N) is 1. The van der Waals surface area contributed by atoms with E-state index in [1.54, 1.807) is 0 Å². The molecule has 1 fully saturated rings. The first kappa shape index (κ1) is 17.0. The molecule has 128 valence electrons. The topological polar surface area (TPSA) is 52.7 Å². The molecule has 25 heavy (non-hydrogen) atoms. The van der Waals surface area contributed by atoms with Crippen LogP contribution >= 0.6 is 11.6 Å². The van der Waals surface area contributed by atoms with E-state index >= 15 is 0 Å². The molecule has 2 aromatic rings. The third-order valence-electron chi connectivity index (χ3n) is 3.77. The van der Waals surface area contributed by atoms with Gasteiger partial charge in [-0.3, -0.25) is 15.0 Å². The first-order valence-corrected chi connectivity index (χ1v) is 7.84. The van der Waals surface area contributed by atoms with Gasteiger partial charge in [0.1, 0.15) is 11.4 Å². The van der Waals surface area contributed by atoms with Crippen molar-refractivity contribution < 1.29 is 14.0 Å². The van der Waals surface area contributed by atoms with E-state index in [1.165, 1.54) is 18.2 Å². The number of halogens is 2. The van der Waals surface area contributed by atoms with Gasteiger partial charge in [-0.25, -0.2) is 9.40 Å². The third-order valence-corrected chi connectivity index (χ3v) is 4.06. The summed E-state index contributed by atoms with van der Waals surface area (Å²) in [5, 5.41) is 0.921. The Kier molecular flexibility index (Phi) is 4.46. The molecule has 1 N–H and O–H groups in total. The van der Waals surface area contributed by atoms with E-state index in [1.807, 2.05) is 43.3 Å². The lowest BCUT2D eigenvalue weighted by atomic mass is 10.1. The van der Waals surface area contributed by atoms with Crippen LogP contribution in [-0.2, 0) is 9.59 Å². The molecule has 1 aliphatic rings. The van der Waals surface area contributed by atoms with E-state index in [-0.39, 0.29) is 16.3 Å². The molecule has 2 aromatic carbocycles. The summed E-state index contributed by atoms with van der Waals surface area (Å²) < 4.78 is 13.3. The largest absolute Gasteiger partial charge is 0.378 e. The normalized spacial score (nSPS) is 15.7. The summed E-state index contributed by atoms with van der Waals surface area (Å²) in [4.78, 5) is 26.6. The van der Waals surface area contributed by atoms with Crippen molar-refractivity contribution in [3.63, 3.8) is 0 Å². The molecule has 0 unspecified atom stereocenters. The summed E-state index contributed by atoms with van der Waals surface area (Å²) in [6.45, 7) is 0. The van der Waals surface area contributed by atoms with E-state index < -0.39 is 17.6 Å². The van der Waals surface area contributed by atoms with Gasteiger partial charge in [0.25, 0.3) is 11.8 Å². The first-order chi connectivity index (χ1) is 11.9. The number of benzene rings is 2. The molecule has 1 heterocycles. The van der Waals surface area contributed by atoms with Crippen molar-refractivity contribution in [2.75, 3.05) is 24.0 Å². The Labute approximate surface area is 149 Å². The van der Waals surface area contributed by atoms with E-state index in [2.05, 4.69) is 5.43 Å². The molecule has 0 aromatic heterocycles. The zero-order valence-electron chi connectivity index (χ0n) is 13.6. The fourth-order valence-corrected chi connectivity index (χ4v) is 2.57. The number of nitrogens with zero attached hydrogens (tertiary/aromatic N) is 2. The van der Waals surface area contributed by atoms with E-state index in [4.69, 9.17) is 11.6 Å². The average molecular weight is 360 g/mol. The Bertz CT molecular complexity index is 878. The van der Waals surface area contributed by atoms with Crippen LogP contribution in [-0.4, -0.2) is 25.9 Å². The number of hydrazine groups is 1. The maximum Gasteiger partial charge on any atom is 0.282 e. The Balaban J connectivity index is 1.89. The summed E-state index contributed by atoms with van der Waals surface area (Å²) in [5.41, 5.74) is 4.47. The molecular formula is C18H15ClFN3O2. The minimum absolute atomic E-state index is 0.00181. The minimum Gasteiger partial charge on any atom is -0.378 e. The molecule has 1 aliphatic heterocycles. The second-order valence-electron chi connectivity index (χ2n) is 5.72. The molecule has 0 atom stereocenters. The van der Waals surface area contributed by atoms with Gasteiger partial charge >= 0.3 is 0 Å². The van der Waals surface area contributed by atoms with Crippen LogP contribution in [0.4, 0.5) is 15.8 Å². The molecule has 5 nitrogen and oxygen atoms in total. The average Bonchev–Trinajstić information content (AvgIpc) is 2.86. The van der Waals surface area contributed by atoms with E-state index in [0.717, 1.165) is 22.3 Å². The summed E-state index contributed by atoms with van der Waals surface area (Å²) >= 11 is 5.74. The summed E-state index contributed by atoms with van der Waals surface area (Å²) in [5.74, 6) is -1.65. The minimum atomic E-state index is -0.597. The number of carbonyl (C=O) groups is 2. The van der Waals surface area contributed by atoms with Gasteiger partial charge in [0.05, 0.1) is 10.7 Å². The van der Waals surface area contributed by atoms with Crippen LogP contribution in [0.15, 0.2) is 48.0 Å².